The van der Waals surface area contributed by atoms with Crippen LogP contribution in [0, 0.1) is 0 Å². The van der Waals surface area contributed by atoms with E-state index in [0.717, 1.165) is 16.3 Å². The van der Waals surface area contributed by atoms with Crippen LogP contribution < -0.4 is 15.0 Å². The zero-order valence-electron chi connectivity index (χ0n) is 20.0. The van der Waals surface area contributed by atoms with Crippen molar-refractivity contribution in [1.29, 1.82) is 0 Å². The Morgan fingerprint density at radius 2 is 1.31 bits per heavy atom. The molecule has 0 aliphatic heterocycles. The summed E-state index contributed by atoms with van der Waals surface area (Å²) in [7, 11) is 0. The maximum Gasteiger partial charge on any atom is 0.262 e. The molecule has 0 heterocycles. The van der Waals surface area contributed by atoms with Gasteiger partial charge in [0.15, 0.2) is 6.61 Å². The number of para-hydroxylation sites is 3. The molecule has 0 saturated carbocycles. The third kappa shape index (κ3) is 6.77. The molecule has 0 bridgehead atoms. The summed E-state index contributed by atoms with van der Waals surface area (Å²) in [6, 6.07) is 36.1. The predicted octanol–water partition coefficient (Wildman–Crippen LogP) is 6.94. The van der Waals surface area contributed by atoms with Gasteiger partial charge in [-0.05, 0) is 67.1 Å². The first-order valence-electron chi connectivity index (χ1n) is 11.8. The third-order valence-electron chi connectivity index (χ3n) is 5.42. The number of ether oxygens (including phenoxy) is 1. The van der Waals surface area contributed by atoms with Crippen molar-refractivity contribution in [2.75, 3.05) is 16.8 Å². The van der Waals surface area contributed by atoms with Gasteiger partial charge in [0.1, 0.15) is 5.75 Å². The summed E-state index contributed by atoms with van der Waals surface area (Å²) < 4.78 is 5.49. The van der Waals surface area contributed by atoms with Gasteiger partial charge in [0.2, 0.25) is 5.91 Å². The molecule has 0 aromatic heterocycles. The number of rotatable bonds is 10. The molecule has 4 aromatic rings. The van der Waals surface area contributed by atoms with Crippen molar-refractivity contribution in [1.82, 2.24) is 0 Å². The van der Waals surface area contributed by atoms with Crippen LogP contribution in [0.25, 0.3) is 0 Å². The number of benzene rings is 4. The Bertz CT molecular complexity index is 1210. The fourth-order valence-corrected chi connectivity index (χ4v) is 4.65. The van der Waals surface area contributed by atoms with E-state index in [1.807, 2.05) is 110 Å². The van der Waals surface area contributed by atoms with Crippen molar-refractivity contribution in [3.05, 3.63) is 115 Å². The van der Waals surface area contributed by atoms with Gasteiger partial charge in [0, 0.05) is 22.0 Å². The maximum atomic E-state index is 13.7. The fourth-order valence-electron chi connectivity index (χ4n) is 3.65. The Kier molecular flexibility index (Phi) is 8.78. The molecule has 0 spiro atoms. The molecule has 1 N–H and O–H groups in total. The quantitative estimate of drug-likeness (QED) is 0.242. The lowest BCUT2D eigenvalue weighted by atomic mass is 10.2. The average Bonchev–Trinajstić information content (AvgIpc) is 2.93. The topological polar surface area (TPSA) is 58.6 Å². The minimum atomic E-state index is -0.273. The minimum Gasteiger partial charge on any atom is -0.484 e. The minimum absolute atomic E-state index is 0.0235. The second-order valence-electron chi connectivity index (χ2n) is 8.03. The number of carbonyl (C=O) groups excluding carboxylic acids is 2. The SMILES string of the molecule is CCC(Sc1ccc(NC(=O)COc2ccccc2)cc1)C(=O)N(c1ccccc1)c1ccccc1. The lowest BCUT2D eigenvalue weighted by molar-refractivity contribution is -0.118. The van der Waals surface area contributed by atoms with E-state index in [0.29, 0.717) is 17.9 Å². The largest absolute Gasteiger partial charge is 0.484 e. The molecule has 2 amide bonds. The van der Waals surface area contributed by atoms with Crippen molar-refractivity contribution in [3.8, 4) is 5.75 Å². The van der Waals surface area contributed by atoms with Crippen molar-refractivity contribution in [3.63, 3.8) is 0 Å². The Morgan fingerprint density at radius 3 is 1.83 bits per heavy atom. The summed E-state index contributed by atoms with van der Waals surface area (Å²) in [6.07, 6.45) is 0.676. The molecule has 0 fully saturated rings. The van der Waals surface area contributed by atoms with Gasteiger partial charge < -0.3 is 10.1 Å². The van der Waals surface area contributed by atoms with Gasteiger partial charge in [-0.15, -0.1) is 11.8 Å². The maximum absolute atomic E-state index is 13.7. The summed E-state index contributed by atoms with van der Waals surface area (Å²) in [6.45, 7) is 1.95. The summed E-state index contributed by atoms with van der Waals surface area (Å²) in [5.74, 6) is 0.437. The van der Waals surface area contributed by atoms with Gasteiger partial charge in [-0.25, -0.2) is 0 Å². The number of hydrogen-bond donors (Lipinski definition) is 1. The number of thioether (sulfide) groups is 1. The van der Waals surface area contributed by atoms with Gasteiger partial charge in [0.25, 0.3) is 5.91 Å². The molecule has 0 aliphatic rings. The number of nitrogens with zero attached hydrogens (tertiary/aromatic N) is 1. The molecule has 6 heteroatoms. The summed E-state index contributed by atoms with van der Waals surface area (Å²) >= 11 is 1.52. The lowest BCUT2D eigenvalue weighted by Gasteiger charge is -2.27. The number of nitrogens with one attached hydrogen (secondary N) is 1. The Balaban J connectivity index is 1.41. The summed E-state index contributed by atoms with van der Waals surface area (Å²) in [5, 5.41) is 2.57. The molecule has 4 rings (SSSR count). The molecular weight excluding hydrogens is 468 g/mol. The van der Waals surface area contributed by atoms with E-state index in [-0.39, 0.29) is 23.7 Å². The normalized spacial score (nSPS) is 11.4. The zero-order valence-corrected chi connectivity index (χ0v) is 20.9. The molecule has 0 radical (unpaired) electrons. The van der Waals surface area contributed by atoms with Crippen LogP contribution in [-0.2, 0) is 9.59 Å². The van der Waals surface area contributed by atoms with Crippen molar-refractivity contribution >= 4 is 40.6 Å². The Hall–Kier alpha value is -4.03. The van der Waals surface area contributed by atoms with Crippen molar-refractivity contribution < 1.29 is 14.3 Å². The molecule has 4 aromatic carbocycles. The highest BCUT2D eigenvalue weighted by atomic mass is 32.2. The average molecular weight is 497 g/mol. The van der Waals surface area contributed by atoms with Crippen LogP contribution in [0.3, 0.4) is 0 Å². The molecular formula is C30H28N2O3S. The zero-order chi connectivity index (χ0) is 25.2. The first kappa shape index (κ1) is 25.1. The van der Waals surface area contributed by atoms with Crippen LogP contribution in [0.5, 0.6) is 5.75 Å². The molecule has 1 unspecified atom stereocenters. The Morgan fingerprint density at radius 1 is 0.778 bits per heavy atom. The summed E-state index contributed by atoms with van der Waals surface area (Å²) in [4.78, 5) is 28.7. The standard InChI is InChI=1S/C30H28N2O3S/c1-2-28(30(34)32(24-12-6-3-7-13-24)25-14-8-4-9-15-25)36-27-20-18-23(19-21-27)31-29(33)22-35-26-16-10-5-11-17-26/h3-21,28H,2,22H2,1H3,(H,31,33). The fraction of sp³-hybridized carbons (Fsp3) is 0.133. The van der Waals surface area contributed by atoms with Crippen LogP contribution in [0.4, 0.5) is 17.1 Å². The number of carbonyl (C=O) groups is 2. The molecule has 182 valence electrons. The van der Waals surface area contributed by atoms with E-state index in [2.05, 4.69) is 5.32 Å². The van der Waals surface area contributed by atoms with E-state index in [4.69, 9.17) is 4.74 Å². The second kappa shape index (κ2) is 12.6. The first-order chi connectivity index (χ1) is 17.6. The van der Waals surface area contributed by atoms with E-state index in [9.17, 15) is 9.59 Å². The molecule has 0 saturated heterocycles. The highest BCUT2D eigenvalue weighted by molar-refractivity contribution is 8.00. The molecule has 5 nitrogen and oxygen atoms in total. The highest BCUT2D eigenvalue weighted by Crippen LogP contribution is 2.33. The Labute approximate surface area is 216 Å². The second-order valence-corrected chi connectivity index (χ2v) is 9.31. The molecule has 36 heavy (non-hydrogen) atoms. The van der Waals surface area contributed by atoms with Gasteiger partial charge >= 0.3 is 0 Å². The van der Waals surface area contributed by atoms with Gasteiger partial charge in [-0.2, -0.15) is 0 Å². The van der Waals surface area contributed by atoms with E-state index in [1.165, 1.54) is 11.8 Å². The van der Waals surface area contributed by atoms with Crippen LogP contribution in [0.2, 0.25) is 0 Å². The van der Waals surface area contributed by atoms with Crippen LogP contribution in [0.15, 0.2) is 120 Å². The van der Waals surface area contributed by atoms with Crippen molar-refractivity contribution in [2.24, 2.45) is 0 Å². The smallest absolute Gasteiger partial charge is 0.262 e. The molecule has 0 aliphatic carbocycles. The van der Waals surface area contributed by atoms with Crippen LogP contribution >= 0.6 is 11.8 Å². The van der Waals surface area contributed by atoms with E-state index >= 15 is 0 Å². The van der Waals surface area contributed by atoms with Crippen molar-refractivity contribution in [2.45, 2.75) is 23.5 Å². The van der Waals surface area contributed by atoms with Gasteiger partial charge in [-0.1, -0.05) is 61.5 Å². The highest BCUT2D eigenvalue weighted by Gasteiger charge is 2.26. The number of hydrogen-bond acceptors (Lipinski definition) is 4. The third-order valence-corrected chi connectivity index (χ3v) is 6.79. The molecule has 1 atom stereocenters. The van der Waals surface area contributed by atoms with Crippen LogP contribution in [-0.4, -0.2) is 23.7 Å². The monoisotopic (exact) mass is 496 g/mol. The lowest BCUT2D eigenvalue weighted by Crippen LogP contribution is -2.34. The predicted molar refractivity (Wildman–Crippen MR) is 147 cm³/mol. The van der Waals surface area contributed by atoms with Gasteiger partial charge in [0.05, 0.1) is 5.25 Å². The van der Waals surface area contributed by atoms with E-state index in [1.54, 1.807) is 17.0 Å². The first-order valence-corrected chi connectivity index (χ1v) is 12.7. The number of amides is 2. The van der Waals surface area contributed by atoms with E-state index < -0.39 is 0 Å². The van der Waals surface area contributed by atoms with Crippen LogP contribution in [0.1, 0.15) is 13.3 Å². The summed E-state index contributed by atoms with van der Waals surface area (Å²) in [5.41, 5.74) is 2.35. The number of anilines is 3. The van der Waals surface area contributed by atoms with Gasteiger partial charge in [-0.3, -0.25) is 14.5 Å².